The summed E-state index contributed by atoms with van der Waals surface area (Å²) in [6.45, 7) is 1.26. The molecule has 0 saturated carbocycles. The van der Waals surface area contributed by atoms with E-state index >= 15 is 0 Å². The molecule has 90 valence electrons. The average molecular weight is 239 g/mol. The maximum atomic E-state index is 13.2. The van der Waals surface area contributed by atoms with Crippen molar-refractivity contribution in [1.82, 2.24) is 0 Å². The molecule has 1 amide bonds. The molecule has 17 heavy (non-hydrogen) atoms. The lowest BCUT2D eigenvalue weighted by Crippen LogP contribution is -2.15. The van der Waals surface area contributed by atoms with Gasteiger partial charge in [-0.25, -0.2) is 9.18 Å². The van der Waals surface area contributed by atoms with Crippen molar-refractivity contribution in [2.45, 2.75) is 13.3 Å². The predicted molar refractivity (Wildman–Crippen MR) is 57.3 cm³/mol. The summed E-state index contributed by atoms with van der Waals surface area (Å²) in [6.07, 6.45) is -0.303. The van der Waals surface area contributed by atoms with E-state index in [4.69, 9.17) is 5.11 Å². The predicted octanol–water partition coefficient (Wildman–Crippen LogP) is 1.44. The van der Waals surface area contributed by atoms with Crippen molar-refractivity contribution in [3.8, 4) is 0 Å². The van der Waals surface area contributed by atoms with E-state index in [2.05, 4.69) is 5.32 Å². The number of benzene rings is 1. The first-order chi connectivity index (χ1) is 7.90. The molecule has 0 unspecified atom stereocenters. The van der Waals surface area contributed by atoms with E-state index < -0.39 is 23.3 Å². The highest BCUT2D eigenvalue weighted by Gasteiger charge is 2.12. The quantitative estimate of drug-likeness (QED) is 0.779. The van der Waals surface area contributed by atoms with Gasteiger partial charge in [0.1, 0.15) is 11.6 Å². The number of halogens is 1. The first-order valence-electron chi connectivity index (χ1n) is 4.72. The van der Waals surface area contributed by atoms with Gasteiger partial charge in [0.15, 0.2) is 0 Å². The summed E-state index contributed by atoms with van der Waals surface area (Å²) in [5.41, 5.74) is -0.367. The van der Waals surface area contributed by atoms with E-state index in [1.165, 1.54) is 13.0 Å². The topological polar surface area (TPSA) is 83.5 Å². The van der Waals surface area contributed by atoms with Crippen molar-refractivity contribution in [3.63, 3.8) is 0 Å². The van der Waals surface area contributed by atoms with E-state index in [0.717, 1.165) is 12.1 Å². The number of rotatable bonds is 4. The maximum absolute atomic E-state index is 13.2. The zero-order chi connectivity index (χ0) is 13.0. The molecule has 0 saturated heterocycles. The number of nitrogens with one attached hydrogen (secondary N) is 1. The fourth-order valence-electron chi connectivity index (χ4n) is 1.20. The van der Waals surface area contributed by atoms with Crippen molar-refractivity contribution >= 4 is 23.3 Å². The van der Waals surface area contributed by atoms with Crippen LogP contribution in [-0.2, 0) is 9.59 Å². The minimum atomic E-state index is -1.39. The molecule has 0 aliphatic carbocycles. The third kappa shape index (κ3) is 3.67. The van der Waals surface area contributed by atoms with Crippen molar-refractivity contribution in [3.05, 3.63) is 29.6 Å². The lowest BCUT2D eigenvalue weighted by molar-refractivity contribution is -0.124. The van der Waals surface area contributed by atoms with Gasteiger partial charge >= 0.3 is 5.97 Å². The van der Waals surface area contributed by atoms with Gasteiger partial charge in [-0.15, -0.1) is 0 Å². The van der Waals surface area contributed by atoms with Crippen molar-refractivity contribution in [1.29, 1.82) is 0 Å². The second-order valence-corrected chi connectivity index (χ2v) is 3.43. The van der Waals surface area contributed by atoms with Crippen LogP contribution in [0.4, 0.5) is 10.1 Å². The Morgan fingerprint density at radius 1 is 1.35 bits per heavy atom. The lowest BCUT2D eigenvalue weighted by Gasteiger charge is -2.05. The number of carbonyl (C=O) groups excluding carboxylic acids is 2. The first-order valence-corrected chi connectivity index (χ1v) is 4.72. The van der Waals surface area contributed by atoms with Gasteiger partial charge in [0.25, 0.3) is 0 Å². The van der Waals surface area contributed by atoms with Gasteiger partial charge in [-0.2, -0.15) is 0 Å². The fourth-order valence-corrected chi connectivity index (χ4v) is 1.20. The van der Waals surface area contributed by atoms with E-state index in [0.29, 0.717) is 0 Å². The lowest BCUT2D eigenvalue weighted by atomic mass is 10.2. The Balaban J connectivity index is 2.81. The molecule has 0 spiro atoms. The molecule has 2 N–H and O–H groups in total. The van der Waals surface area contributed by atoms with Gasteiger partial charge in [0.05, 0.1) is 12.0 Å². The number of anilines is 1. The maximum Gasteiger partial charge on any atom is 0.338 e. The van der Waals surface area contributed by atoms with Crippen LogP contribution in [0.25, 0.3) is 0 Å². The van der Waals surface area contributed by atoms with E-state index in [1.54, 1.807) is 0 Å². The number of hydrogen-bond donors (Lipinski definition) is 2. The highest BCUT2D eigenvalue weighted by molar-refractivity contribution is 6.03. The molecular formula is C11H10FNO4. The van der Waals surface area contributed by atoms with Crippen LogP contribution < -0.4 is 5.32 Å². The average Bonchev–Trinajstić information content (AvgIpc) is 2.15. The molecule has 5 nitrogen and oxygen atoms in total. The summed E-state index contributed by atoms with van der Waals surface area (Å²) < 4.78 is 13.2. The Bertz CT molecular complexity index is 484. The number of hydrogen-bond acceptors (Lipinski definition) is 3. The number of ketones is 1. The number of amides is 1. The van der Waals surface area contributed by atoms with Crippen molar-refractivity contribution in [2.24, 2.45) is 0 Å². The normalized spacial score (nSPS) is 9.76. The highest BCUT2D eigenvalue weighted by Crippen LogP contribution is 2.14. The number of carboxylic acid groups (broad SMARTS) is 1. The molecular weight excluding hydrogens is 229 g/mol. The van der Waals surface area contributed by atoms with Gasteiger partial charge in [-0.05, 0) is 25.1 Å². The summed E-state index contributed by atoms with van der Waals surface area (Å²) in [7, 11) is 0. The zero-order valence-electron chi connectivity index (χ0n) is 8.99. The molecule has 1 aromatic carbocycles. The molecule has 0 aromatic heterocycles. The minimum absolute atomic E-state index is 0.110. The standard InChI is InChI=1S/C11H10FNO4/c1-6(14)4-10(15)13-7-2-3-8(11(16)17)9(12)5-7/h2-3,5H,4H2,1H3,(H,13,15)(H,16,17). The van der Waals surface area contributed by atoms with Gasteiger partial charge in [0.2, 0.25) is 5.91 Å². The molecule has 0 bridgehead atoms. The molecule has 1 aromatic rings. The molecule has 6 heteroatoms. The highest BCUT2D eigenvalue weighted by atomic mass is 19.1. The van der Waals surface area contributed by atoms with Gasteiger partial charge < -0.3 is 10.4 Å². The number of aromatic carboxylic acids is 1. The van der Waals surface area contributed by atoms with Crippen molar-refractivity contribution in [2.75, 3.05) is 5.32 Å². The Hall–Kier alpha value is -2.24. The Labute approximate surface area is 96.3 Å². The molecule has 0 aliphatic rings. The molecule has 0 radical (unpaired) electrons. The van der Waals surface area contributed by atoms with Crippen LogP contribution in [0.1, 0.15) is 23.7 Å². The van der Waals surface area contributed by atoms with E-state index in [9.17, 15) is 18.8 Å². The van der Waals surface area contributed by atoms with E-state index in [1.807, 2.05) is 0 Å². The second-order valence-electron chi connectivity index (χ2n) is 3.43. The number of carbonyl (C=O) groups is 3. The largest absolute Gasteiger partial charge is 0.478 e. The zero-order valence-corrected chi connectivity index (χ0v) is 8.99. The molecule has 0 fully saturated rings. The van der Waals surface area contributed by atoms with Gasteiger partial charge in [0, 0.05) is 5.69 Å². The van der Waals surface area contributed by atoms with Crippen LogP contribution in [0.2, 0.25) is 0 Å². The molecule has 0 heterocycles. The minimum Gasteiger partial charge on any atom is -0.478 e. The first kappa shape index (κ1) is 12.8. The van der Waals surface area contributed by atoms with Crippen LogP contribution >= 0.6 is 0 Å². The van der Waals surface area contributed by atoms with E-state index in [-0.39, 0.29) is 17.9 Å². The molecule has 0 atom stereocenters. The number of Topliss-reactive ketones (excluding diaryl/α,β-unsaturated/α-hetero) is 1. The Kier molecular flexibility index (Phi) is 3.92. The summed E-state index contributed by atoms with van der Waals surface area (Å²) >= 11 is 0. The van der Waals surface area contributed by atoms with Gasteiger partial charge in [-0.3, -0.25) is 9.59 Å². The smallest absolute Gasteiger partial charge is 0.338 e. The van der Waals surface area contributed by atoms with Crippen LogP contribution in [0.15, 0.2) is 18.2 Å². The SMILES string of the molecule is CC(=O)CC(=O)Nc1ccc(C(=O)O)c(F)c1. The number of carboxylic acids is 1. The summed E-state index contributed by atoms with van der Waals surface area (Å²) in [5.74, 6) is -3.22. The fraction of sp³-hybridized carbons (Fsp3) is 0.182. The Morgan fingerprint density at radius 2 is 2.00 bits per heavy atom. The summed E-state index contributed by atoms with van der Waals surface area (Å²) in [5, 5.41) is 10.9. The third-order valence-corrected chi connectivity index (χ3v) is 1.89. The van der Waals surface area contributed by atoms with Crippen LogP contribution in [0.3, 0.4) is 0 Å². The van der Waals surface area contributed by atoms with Crippen LogP contribution in [-0.4, -0.2) is 22.8 Å². The van der Waals surface area contributed by atoms with Crippen LogP contribution in [0.5, 0.6) is 0 Å². The second kappa shape index (κ2) is 5.20. The third-order valence-electron chi connectivity index (χ3n) is 1.89. The molecule has 1 rings (SSSR count). The Morgan fingerprint density at radius 3 is 2.47 bits per heavy atom. The monoisotopic (exact) mass is 239 g/mol. The van der Waals surface area contributed by atoms with Crippen molar-refractivity contribution < 1.29 is 23.9 Å². The summed E-state index contributed by atoms with van der Waals surface area (Å²) in [4.78, 5) is 32.4. The molecule has 0 aliphatic heterocycles. The van der Waals surface area contributed by atoms with Gasteiger partial charge in [-0.1, -0.05) is 0 Å². The van der Waals surface area contributed by atoms with Crippen LogP contribution in [0, 0.1) is 5.82 Å². The summed E-state index contributed by atoms with van der Waals surface area (Å²) in [6, 6.07) is 3.19.